The third-order valence-electron chi connectivity index (χ3n) is 3.59. The Labute approximate surface area is 156 Å². The lowest BCUT2D eigenvalue weighted by Gasteiger charge is -2.08. The van der Waals surface area contributed by atoms with Gasteiger partial charge in [-0.05, 0) is 37.3 Å². The van der Waals surface area contributed by atoms with Gasteiger partial charge < -0.3 is 14.6 Å². The van der Waals surface area contributed by atoms with Gasteiger partial charge in [-0.3, -0.25) is 4.79 Å². The van der Waals surface area contributed by atoms with Crippen LogP contribution in [0.1, 0.15) is 21.8 Å². The molecule has 0 fully saturated rings. The van der Waals surface area contributed by atoms with E-state index in [0.717, 1.165) is 0 Å². The number of para-hydroxylation sites is 1. The van der Waals surface area contributed by atoms with E-state index in [1.807, 2.05) is 0 Å². The van der Waals surface area contributed by atoms with Crippen molar-refractivity contribution in [3.05, 3.63) is 75.6 Å². The van der Waals surface area contributed by atoms with E-state index in [0.29, 0.717) is 15.8 Å². The zero-order valence-corrected chi connectivity index (χ0v) is 15.1. The van der Waals surface area contributed by atoms with Crippen molar-refractivity contribution in [2.75, 3.05) is 5.32 Å². The maximum Gasteiger partial charge on any atom is 0.278 e. The molecule has 5 nitrogen and oxygen atoms in total. The largest absolute Gasteiger partial charge is 0.486 e. The van der Waals surface area contributed by atoms with Gasteiger partial charge >= 0.3 is 0 Å². The standard InChI is InChI=1S/C18H13BrF2N2O3/c1-10-12(9-25-16-5-3-2-4-13(16)20)17(23-26-10)18(24)22-15-7-6-11(19)8-14(15)21/h2-8H,9H2,1H3,(H,22,24). The average Bonchev–Trinajstić information content (AvgIpc) is 2.97. The van der Waals surface area contributed by atoms with Crippen LogP contribution in [0.15, 0.2) is 51.5 Å². The van der Waals surface area contributed by atoms with E-state index in [9.17, 15) is 13.6 Å². The summed E-state index contributed by atoms with van der Waals surface area (Å²) >= 11 is 3.14. The molecular weight excluding hydrogens is 410 g/mol. The summed E-state index contributed by atoms with van der Waals surface area (Å²) in [6.07, 6.45) is 0. The van der Waals surface area contributed by atoms with Crippen molar-refractivity contribution >= 4 is 27.5 Å². The van der Waals surface area contributed by atoms with E-state index in [1.54, 1.807) is 25.1 Å². The van der Waals surface area contributed by atoms with E-state index in [2.05, 4.69) is 26.4 Å². The Morgan fingerprint density at radius 1 is 1.23 bits per heavy atom. The summed E-state index contributed by atoms with van der Waals surface area (Å²) in [7, 11) is 0. The van der Waals surface area contributed by atoms with Crippen LogP contribution in [0.5, 0.6) is 5.75 Å². The minimum Gasteiger partial charge on any atom is -0.486 e. The predicted octanol–water partition coefficient (Wildman–Crippen LogP) is 4.86. The minimum absolute atomic E-state index is 0.000162. The molecule has 1 aromatic heterocycles. The van der Waals surface area contributed by atoms with Crippen LogP contribution in [0.4, 0.5) is 14.5 Å². The molecule has 1 N–H and O–H groups in total. The van der Waals surface area contributed by atoms with Gasteiger partial charge in [0.25, 0.3) is 5.91 Å². The third kappa shape index (κ3) is 3.91. The quantitative estimate of drug-likeness (QED) is 0.637. The highest BCUT2D eigenvalue weighted by Gasteiger charge is 2.21. The first-order chi connectivity index (χ1) is 12.5. The second-order valence-electron chi connectivity index (χ2n) is 5.36. The van der Waals surface area contributed by atoms with Gasteiger partial charge in [-0.15, -0.1) is 0 Å². The highest BCUT2D eigenvalue weighted by molar-refractivity contribution is 9.10. The molecule has 0 aliphatic carbocycles. The Hall–Kier alpha value is -2.74. The first kappa shape index (κ1) is 18.1. The van der Waals surface area contributed by atoms with Crippen molar-refractivity contribution in [2.45, 2.75) is 13.5 Å². The summed E-state index contributed by atoms with van der Waals surface area (Å²) in [6, 6.07) is 10.1. The van der Waals surface area contributed by atoms with Crippen molar-refractivity contribution in [3.8, 4) is 5.75 Å². The Morgan fingerprint density at radius 2 is 2.00 bits per heavy atom. The fourth-order valence-corrected chi connectivity index (χ4v) is 2.56. The van der Waals surface area contributed by atoms with Gasteiger partial charge in [0.2, 0.25) is 0 Å². The second kappa shape index (κ2) is 7.65. The normalized spacial score (nSPS) is 10.6. The average molecular weight is 423 g/mol. The van der Waals surface area contributed by atoms with E-state index in [1.165, 1.54) is 24.3 Å². The van der Waals surface area contributed by atoms with E-state index in [4.69, 9.17) is 9.26 Å². The molecule has 0 radical (unpaired) electrons. The van der Waals surface area contributed by atoms with Gasteiger partial charge in [0, 0.05) is 4.47 Å². The SMILES string of the molecule is Cc1onc(C(=O)Nc2ccc(Br)cc2F)c1COc1ccccc1F. The van der Waals surface area contributed by atoms with Crippen molar-refractivity contribution in [1.29, 1.82) is 0 Å². The lowest BCUT2D eigenvalue weighted by molar-refractivity contribution is 0.101. The number of aromatic nitrogens is 1. The summed E-state index contributed by atoms with van der Waals surface area (Å²) in [5.74, 6) is -1.39. The van der Waals surface area contributed by atoms with Gasteiger partial charge in [0.15, 0.2) is 17.3 Å². The molecule has 2 aromatic carbocycles. The maximum atomic E-state index is 13.9. The lowest BCUT2D eigenvalue weighted by atomic mass is 10.2. The Bertz CT molecular complexity index is 959. The summed E-state index contributed by atoms with van der Waals surface area (Å²) in [6.45, 7) is 1.48. The molecule has 3 rings (SSSR count). The number of amides is 1. The number of halogens is 3. The number of carbonyl (C=O) groups excluding carboxylic acids is 1. The molecular formula is C18H13BrF2N2O3. The van der Waals surface area contributed by atoms with Crippen LogP contribution in [0.3, 0.4) is 0 Å². The van der Waals surface area contributed by atoms with E-state index >= 15 is 0 Å². The molecule has 1 heterocycles. The summed E-state index contributed by atoms with van der Waals surface area (Å²) in [5, 5.41) is 6.13. The van der Waals surface area contributed by atoms with E-state index in [-0.39, 0.29) is 23.7 Å². The maximum absolute atomic E-state index is 13.9. The molecule has 26 heavy (non-hydrogen) atoms. The number of hydrogen-bond donors (Lipinski definition) is 1. The van der Waals surface area contributed by atoms with Crippen molar-refractivity contribution in [3.63, 3.8) is 0 Å². The van der Waals surface area contributed by atoms with Crippen LogP contribution in [0.25, 0.3) is 0 Å². The number of nitrogens with zero attached hydrogens (tertiary/aromatic N) is 1. The van der Waals surface area contributed by atoms with Crippen molar-refractivity contribution < 1.29 is 22.8 Å². The topological polar surface area (TPSA) is 64.4 Å². The fourth-order valence-electron chi connectivity index (χ4n) is 2.22. The minimum atomic E-state index is -0.657. The van der Waals surface area contributed by atoms with Crippen LogP contribution in [-0.2, 0) is 6.61 Å². The summed E-state index contributed by atoms with van der Waals surface area (Å²) in [4.78, 5) is 12.4. The summed E-state index contributed by atoms with van der Waals surface area (Å²) in [5.41, 5.74) is 0.296. The molecule has 0 saturated heterocycles. The number of aryl methyl sites for hydroxylation is 1. The number of benzene rings is 2. The lowest BCUT2D eigenvalue weighted by Crippen LogP contribution is -2.16. The molecule has 1 amide bonds. The van der Waals surface area contributed by atoms with E-state index < -0.39 is 17.5 Å². The number of ether oxygens (including phenoxy) is 1. The molecule has 0 unspecified atom stereocenters. The van der Waals surface area contributed by atoms with Crippen LogP contribution < -0.4 is 10.1 Å². The zero-order chi connectivity index (χ0) is 18.7. The van der Waals surface area contributed by atoms with Gasteiger partial charge in [-0.25, -0.2) is 8.78 Å². The number of hydrogen-bond acceptors (Lipinski definition) is 4. The molecule has 0 spiro atoms. The highest BCUT2D eigenvalue weighted by Crippen LogP contribution is 2.23. The van der Waals surface area contributed by atoms with Crippen LogP contribution in [0.2, 0.25) is 0 Å². The van der Waals surface area contributed by atoms with Crippen LogP contribution in [-0.4, -0.2) is 11.1 Å². The second-order valence-corrected chi connectivity index (χ2v) is 6.28. The van der Waals surface area contributed by atoms with Gasteiger partial charge in [-0.2, -0.15) is 0 Å². The molecule has 0 saturated carbocycles. The summed E-state index contributed by atoms with van der Waals surface area (Å²) < 4.78 is 38.5. The highest BCUT2D eigenvalue weighted by atomic mass is 79.9. The molecule has 0 atom stereocenters. The van der Waals surface area contributed by atoms with Crippen LogP contribution >= 0.6 is 15.9 Å². The molecule has 8 heteroatoms. The number of carbonyl (C=O) groups is 1. The number of rotatable bonds is 5. The number of nitrogens with one attached hydrogen (secondary N) is 1. The monoisotopic (exact) mass is 422 g/mol. The first-order valence-electron chi connectivity index (χ1n) is 7.54. The van der Waals surface area contributed by atoms with Crippen molar-refractivity contribution in [1.82, 2.24) is 5.16 Å². The number of anilines is 1. The predicted molar refractivity (Wildman–Crippen MR) is 94.0 cm³/mol. The van der Waals surface area contributed by atoms with Gasteiger partial charge in [-0.1, -0.05) is 33.2 Å². The van der Waals surface area contributed by atoms with Crippen LogP contribution in [0, 0.1) is 18.6 Å². The van der Waals surface area contributed by atoms with Gasteiger partial charge in [0.1, 0.15) is 18.2 Å². The fraction of sp³-hybridized carbons (Fsp3) is 0.111. The smallest absolute Gasteiger partial charge is 0.278 e. The Kier molecular flexibility index (Phi) is 5.32. The zero-order valence-electron chi connectivity index (χ0n) is 13.6. The Balaban J connectivity index is 1.78. The molecule has 0 bridgehead atoms. The molecule has 134 valence electrons. The third-order valence-corrected chi connectivity index (χ3v) is 4.08. The Morgan fingerprint density at radius 3 is 2.73 bits per heavy atom. The molecule has 0 aliphatic heterocycles. The molecule has 0 aliphatic rings. The molecule has 3 aromatic rings. The first-order valence-corrected chi connectivity index (χ1v) is 8.34. The van der Waals surface area contributed by atoms with Crippen molar-refractivity contribution in [2.24, 2.45) is 0 Å². The van der Waals surface area contributed by atoms with Gasteiger partial charge in [0.05, 0.1) is 11.3 Å².